The Labute approximate surface area is 173 Å². The highest BCUT2D eigenvalue weighted by molar-refractivity contribution is 7.20. The van der Waals surface area contributed by atoms with Crippen LogP contribution in [0.1, 0.15) is 16.8 Å². The van der Waals surface area contributed by atoms with E-state index in [-0.39, 0.29) is 5.91 Å². The third-order valence-corrected chi connectivity index (χ3v) is 6.65. The van der Waals surface area contributed by atoms with Crippen molar-refractivity contribution in [3.8, 4) is 9.88 Å². The van der Waals surface area contributed by atoms with Gasteiger partial charge in [-0.2, -0.15) is 0 Å². The lowest BCUT2D eigenvalue weighted by Gasteiger charge is -2.27. The molecule has 0 atom stereocenters. The highest BCUT2D eigenvalue weighted by atomic mass is 32.1. The number of nitrogens with one attached hydrogen (secondary N) is 1. The van der Waals surface area contributed by atoms with Crippen LogP contribution in [0.15, 0.2) is 47.2 Å². The van der Waals surface area contributed by atoms with Crippen molar-refractivity contribution >= 4 is 28.6 Å². The zero-order chi connectivity index (χ0) is 19.2. The average Bonchev–Trinajstić information content (AvgIpc) is 3.40. The van der Waals surface area contributed by atoms with Crippen LogP contribution in [0.25, 0.3) is 9.88 Å². The fraction of sp³-hybridized carbons (Fsp3) is 0.333. The molecule has 146 valence electrons. The SMILES string of the molecule is O=C(Cc1csc(-c2cccs2)n1)NCc1ccccc1CN1CCOCC1. The molecule has 1 saturated heterocycles. The van der Waals surface area contributed by atoms with Crippen molar-refractivity contribution in [1.82, 2.24) is 15.2 Å². The molecule has 1 amide bonds. The van der Waals surface area contributed by atoms with E-state index < -0.39 is 0 Å². The molecule has 28 heavy (non-hydrogen) atoms. The molecule has 0 radical (unpaired) electrons. The second-order valence-corrected chi connectivity index (χ2v) is 8.54. The summed E-state index contributed by atoms with van der Waals surface area (Å²) in [6, 6.07) is 12.4. The van der Waals surface area contributed by atoms with Crippen molar-refractivity contribution in [3.05, 3.63) is 64.0 Å². The lowest BCUT2D eigenvalue weighted by Crippen LogP contribution is -2.36. The normalized spacial score (nSPS) is 14.9. The van der Waals surface area contributed by atoms with E-state index in [1.54, 1.807) is 22.7 Å². The van der Waals surface area contributed by atoms with E-state index in [2.05, 4.69) is 39.5 Å². The van der Waals surface area contributed by atoms with Gasteiger partial charge in [0.15, 0.2) is 0 Å². The summed E-state index contributed by atoms with van der Waals surface area (Å²) in [5.41, 5.74) is 3.26. The molecule has 3 aromatic rings. The van der Waals surface area contributed by atoms with Gasteiger partial charge in [0.05, 0.1) is 30.2 Å². The van der Waals surface area contributed by atoms with Crippen LogP contribution in [-0.4, -0.2) is 42.1 Å². The van der Waals surface area contributed by atoms with Gasteiger partial charge in [0.1, 0.15) is 5.01 Å². The number of benzene rings is 1. The van der Waals surface area contributed by atoms with Crippen molar-refractivity contribution in [2.24, 2.45) is 0 Å². The second kappa shape index (κ2) is 9.43. The Kier molecular flexibility index (Phi) is 6.49. The summed E-state index contributed by atoms with van der Waals surface area (Å²) in [6.07, 6.45) is 0.313. The van der Waals surface area contributed by atoms with Gasteiger partial charge in [-0.1, -0.05) is 30.3 Å². The molecule has 2 aromatic heterocycles. The number of amides is 1. The maximum Gasteiger partial charge on any atom is 0.226 e. The average molecular weight is 414 g/mol. The van der Waals surface area contributed by atoms with E-state index in [1.165, 1.54) is 11.1 Å². The molecule has 0 unspecified atom stereocenters. The fourth-order valence-electron chi connectivity index (χ4n) is 3.21. The van der Waals surface area contributed by atoms with Crippen LogP contribution in [-0.2, 0) is 29.0 Å². The first-order valence-corrected chi connectivity index (χ1v) is 11.2. The summed E-state index contributed by atoms with van der Waals surface area (Å²) >= 11 is 3.26. The van der Waals surface area contributed by atoms with Crippen molar-refractivity contribution in [2.45, 2.75) is 19.5 Å². The molecule has 1 fully saturated rings. The smallest absolute Gasteiger partial charge is 0.226 e. The summed E-state index contributed by atoms with van der Waals surface area (Å²) in [5, 5.41) is 8.05. The van der Waals surface area contributed by atoms with Gasteiger partial charge in [0.25, 0.3) is 0 Å². The molecule has 5 nitrogen and oxygen atoms in total. The molecule has 7 heteroatoms. The number of rotatable bonds is 7. The van der Waals surface area contributed by atoms with Crippen LogP contribution in [0.3, 0.4) is 0 Å². The molecule has 0 saturated carbocycles. The van der Waals surface area contributed by atoms with Crippen molar-refractivity contribution in [2.75, 3.05) is 26.3 Å². The van der Waals surface area contributed by atoms with Crippen LogP contribution in [0.5, 0.6) is 0 Å². The molecular weight excluding hydrogens is 390 g/mol. The van der Waals surface area contributed by atoms with Crippen LogP contribution < -0.4 is 5.32 Å². The number of morpholine rings is 1. The highest BCUT2D eigenvalue weighted by Gasteiger charge is 2.14. The van der Waals surface area contributed by atoms with Gasteiger partial charge in [0, 0.05) is 31.6 Å². The monoisotopic (exact) mass is 413 g/mol. The molecule has 1 N–H and O–H groups in total. The van der Waals surface area contributed by atoms with Crippen molar-refractivity contribution < 1.29 is 9.53 Å². The Bertz CT molecular complexity index is 902. The quantitative estimate of drug-likeness (QED) is 0.643. The molecule has 3 heterocycles. The van der Waals surface area contributed by atoms with E-state index in [9.17, 15) is 4.79 Å². The molecule has 1 aliphatic rings. The van der Waals surface area contributed by atoms with Crippen LogP contribution in [0, 0.1) is 0 Å². The van der Waals surface area contributed by atoms with Gasteiger partial charge in [-0.15, -0.1) is 22.7 Å². The van der Waals surface area contributed by atoms with Crippen molar-refractivity contribution in [3.63, 3.8) is 0 Å². The predicted molar refractivity (Wildman–Crippen MR) is 114 cm³/mol. The Morgan fingerprint density at radius 1 is 1.11 bits per heavy atom. The number of hydrogen-bond donors (Lipinski definition) is 1. The maximum absolute atomic E-state index is 12.4. The van der Waals surface area contributed by atoms with E-state index in [4.69, 9.17) is 4.74 Å². The zero-order valence-electron chi connectivity index (χ0n) is 15.6. The van der Waals surface area contributed by atoms with Gasteiger partial charge in [-0.05, 0) is 22.6 Å². The lowest BCUT2D eigenvalue weighted by molar-refractivity contribution is -0.120. The first-order chi connectivity index (χ1) is 13.8. The van der Waals surface area contributed by atoms with E-state index >= 15 is 0 Å². The van der Waals surface area contributed by atoms with E-state index in [0.717, 1.165) is 48.4 Å². The number of hydrogen-bond acceptors (Lipinski definition) is 6. The summed E-state index contributed by atoms with van der Waals surface area (Å²) in [7, 11) is 0. The number of carbonyl (C=O) groups is 1. The lowest BCUT2D eigenvalue weighted by atomic mass is 10.1. The van der Waals surface area contributed by atoms with Crippen LogP contribution >= 0.6 is 22.7 Å². The number of aromatic nitrogens is 1. The molecule has 4 rings (SSSR count). The maximum atomic E-state index is 12.4. The van der Waals surface area contributed by atoms with Crippen molar-refractivity contribution in [1.29, 1.82) is 0 Å². The van der Waals surface area contributed by atoms with Gasteiger partial charge in [0.2, 0.25) is 5.91 Å². The zero-order valence-corrected chi connectivity index (χ0v) is 17.2. The van der Waals surface area contributed by atoms with Crippen LogP contribution in [0.4, 0.5) is 0 Å². The molecule has 0 bridgehead atoms. The van der Waals surface area contributed by atoms with E-state index in [0.29, 0.717) is 13.0 Å². The number of thiophene rings is 1. The molecule has 0 aliphatic carbocycles. The highest BCUT2D eigenvalue weighted by Crippen LogP contribution is 2.27. The molecule has 1 aromatic carbocycles. The molecular formula is C21H23N3O2S2. The number of ether oxygens (including phenoxy) is 1. The second-order valence-electron chi connectivity index (χ2n) is 6.73. The first-order valence-electron chi connectivity index (χ1n) is 9.40. The summed E-state index contributed by atoms with van der Waals surface area (Å²) in [5.74, 6) is 0.00389. The number of carbonyl (C=O) groups excluding carboxylic acids is 1. The Balaban J connectivity index is 1.32. The van der Waals surface area contributed by atoms with Crippen LogP contribution in [0.2, 0.25) is 0 Å². The topological polar surface area (TPSA) is 54.5 Å². The standard InChI is InChI=1S/C21H23N3O2S2/c25-20(12-18-15-28-21(23-18)19-6-3-11-27-19)22-13-16-4-1-2-5-17(16)14-24-7-9-26-10-8-24/h1-6,11,15H,7-10,12-14H2,(H,22,25). The van der Waals surface area contributed by atoms with Gasteiger partial charge >= 0.3 is 0 Å². The summed E-state index contributed by atoms with van der Waals surface area (Å²) in [4.78, 5) is 20.5. The largest absolute Gasteiger partial charge is 0.379 e. The Morgan fingerprint density at radius 2 is 1.93 bits per heavy atom. The third kappa shape index (κ3) is 5.05. The minimum Gasteiger partial charge on any atom is -0.379 e. The first kappa shape index (κ1) is 19.3. The predicted octanol–water partition coefficient (Wildman–Crippen LogP) is 3.56. The van der Waals surface area contributed by atoms with Gasteiger partial charge < -0.3 is 10.1 Å². The van der Waals surface area contributed by atoms with E-state index in [1.807, 2.05) is 22.9 Å². The number of nitrogens with zero attached hydrogens (tertiary/aromatic N) is 2. The Morgan fingerprint density at radius 3 is 2.71 bits per heavy atom. The number of thiazole rings is 1. The summed E-state index contributed by atoms with van der Waals surface area (Å²) < 4.78 is 5.43. The third-order valence-electron chi connectivity index (χ3n) is 4.72. The minimum atomic E-state index is 0.00389. The summed E-state index contributed by atoms with van der Waals surface area (Å²) in [6.45, 7) is 4.93. The Hall–Kier alpha value is -2.06. The molecule has 0 spiro atoms. The van der Waals surface area contributed by atoms with Gasteiger partial charge in [-0.3, -0.25) is 9.69 Å². The minimum absolute atomic E-state index is 0.00389. The van der Waals surface area contributed by atoms with Gasteiger partial charge in [-0.25, -0.2) is 4.98 Å². The molecule has 1 aliphatic heterocycles. The fourth-order valence-corrected chi connectivity index (χ4v) is 4.84.